The molecule has 2 saturated carbocycles. The Balaban J connectivity index is 2.06. The van der Waals surface area contributed by atoms with Gasteiger partial charge in [0.25, 0.3) is 0 Å². The maximum atomic E-state index is 2.77. The van der Waals surface area contributed by atoms with Gasteiger partial charge in [0, 0.05) is 5.41 Å². The van der Waals surface area contributed by atoms with Gasteiger partial charge in [-0.25, -0.2) is 0 Å². The van der Waals surface area contributed by atoms with Gasteiger partial charge in [-0.2, -0.15) is 0 Å². The summed E-state index contributed by atoms with van der Waals surface area (Å²) in [6.07, 6.45) is 11.1. The summed E-state index contributed by atoms with van der Waals surface area (Å²) in [7, 11) is 0. The van der Waals surface area contributed by atoms with E-state index in [4.69, 9.17) is 0 Å². The van der Waals surface area contributed by atoms with Crippen molar-refractivity contribution in [3.63, 3.8) is 0 Å². The molecule has 0 bridgehead atoms. The van der Waals surface area contributed by atoms with E-state index in [0.29, 0.717) is 21.7 Å². The van der Waals surface area contributed by atoms with Gasteiger partial charge in [0.1, 0.15) is 0 Å². The fourth-order valence-electron chi connectivity index (χ4n) is 6.51. The van der Waals surface area contributed by atoms with E-state index >= 15 is 0 Å². The highest BCUT2D eigenvalue weighted by Crippen LogP contribution is 2.81. The Morgan fingerprint density at radius 3 is 2.24 bits per heavy atom. The van der Waals surface area contributed by atoms with E-state index in [1.54, 1.807) is 0 Å². The van der Waals surface area contributed by atoms with Gasteiger partial charge < -0.3 is 0 Å². The van der Waals surface area contributed by atoms with Crippen LogP contribution in [0.15, 0.2) is 11.6 Å². The molecule has 0 aliphatic heterocycles. The largest absolute Gasteiger partial charge is 0.0805 e. The predicted octanol–water partition coefficient (Wildman–Crippen LogP) is 6.61. The highest BCUT2D eigenvalue weighted by atomic mass is 14.8. The maximum absolute atomic E-state index is 2.77. The van der Waals surface area contributed by atoms with Crippen molar-refractivity contribution in [2.24, 2.45) is 33.5 Å². The van der Waals surface area contributed by atoms with Crippen LogP contribution >= 0.6 is 0 Å². The van der Waals surface area contributed by atoms with Crippen LogP contribution in [0.25, 0.3) is 0 Å². The van der Waals surface area contributed by atoms with Crippen molar-refractivity contribution in [3.05, 3.63) is 11.6 Å². The molecular formula is C21H36. The van der Waals surface area contributed by atoms with Gasteiger partial charge in [0.15, 0.2) is 0 Å². The third-order valence-electron chi connectivity index (χ3n) is 8.50. The fourth-order valence-corrected chi connectivity index (χ4v) is 6.51. The lowest BCUT2D eigenvalue weighted by Crippen LogP contribution is -2.63. The Hall–Kier alpha value is -0.260. The van der Waals surface area contributed by atoms with Crippen LogP contribution in [-0.4, -0.2) is 0 Å². The first-order valence-electron chi connectivity index (χ1n) is 9.40. The third-order valence-corrected chi connectivity index (χ3v) is 8.50. The molecule has 0 radical (unpaired) electrons. The minimum Gasteiger partial charge on any atom is -0.0805 e. The van der Waals surface area contributed by atoms with Crippen molar-refractivity contribution in [2.45, 2.75) is 87.0 Å². The smallest absolute Gasteiger partial charge is 0.000257 e. The SMILES string of the molecule is CCCC1C=C(C(C)(C)C2CC2)C2(C)C(C)(CC)C[C@@]12C. The average Bonchev–Trinajstić information content (AvgIpc) is 3.24. The molecule has 0 aromatic carbocycles. The van der Waals surface area contributed by atoms with Crippen molar-refractivity contribution in [2.75, 3.05) is 0 Å². The van der Waals surface area contributed by atoms with Crippen LogP contribution in [0.2, 0.25) is 0 Å². The molecule has 3 unspecified atom stereocenters. The second-order valence-electron chi connectivity index (χ2n) is 9.60. The molecule has 3 aliphatic carbocycles. The summed E-state index contributed by atoms with van der Waals surface area (Å²) in [6.45, 7) is 17.7. The molecule has 0 saturated heterocycles. The molecule has 120 valence electrons. The maximum Gasteiger partial charge on any atom is 0.000257 e. The summed E-state index contributed by atoms with van der Waals surface area (Å²) in [6, 6.07) is 0. The lowest BCUT2D eigenvalue weighted by atomic mass is 9.34. The minimum atomic E-state index is 0.426. The molecule has 0 heterocycles. The topological polar surface area (TPSA) is 0 Å². The van der Waals surface area contributed by atoms with E-state index in [9.17, 15) is 0 Å². The summed E-state index contributed by atoms with van der Waals surface area (Å²) < 4.78 is 0. The van der Waals surface area contributed by atoms with Crippen LogP contribution in [0.3, 0.4) is 0 Å². The van der Waals surface area contributed by atoms with Crippen molar-refractivity contribution in [1.82, 2.24) is 0 Å². The summed E-state index contributed by atoms with van der Waals surface area (Å²) in [5.41, 5.74) is 3.74. The Morgan fingerprint density at radius 1 is 1.14 bits per heavy atom. The van der Waals surface area contributed by atoms with E-state index in [0.717, 1.165) is 11.8 Å². The predicted molar refractivity (Wildman–Crippen MR) is 92.2 cm³/mol. The molecule has 0 nitrogen and oxygen atoms in total. The first kappa shape index (κ1) is 15.6. The normalized spacial score (nSPS) is 46.0. The highest BCUT2D eigenvalue weighted by Gasteiger charge is 2.73. The molecule has 0 amide bonds. The third kappa shape index (κ3) is 1.68. The van der Waals surface area contributed by atoms with E-state index in [2.05, 4.69) is 54.5 Å². The molecule has 4 atom stereocenters. The molecule has 3 aliphatic rings. The summed E-state index contributed by atoms with van der Waals surface area (Å²) in [4.78, 5) is 0. The highest BCUT2D eigenvalue weighted by molar-refractivity contribution is 5.42. The van der Waals surface area contributed by atoms with Crippen molar-refractivity contribution >= 4 is 0 Å². The van der Waals surface area contributed by atoms with Gasteiger partial charge in [-0.3, -0.25) is 0 Å². The van der Waals surface area contributed by atoms with E-state index in [-0.39, 0.29) is 0 Å². The first-order valence-corrected chi connectivity index (χ1v) is 9.40. The van der Waals surface area contributed by atoms with Crippen LogP contribution in [0.4, 0.5) is 0 Å². The molecule has 0 spiro atoms. The van der Waals surface area contributed by atoms with Crippen LogP contribution in [0.5, 0.6) is 0 Å². The molecule has 0 heteroatoms. The Kier molecular flexibility index (Phi) is 3.27. The van der Waals surface area contributed by atoms with Gasteiger partial charge >= 0.3 is 0 Å². The zero-order chi connectivity index (χ0) is 15.7. The Labute approximate surface area is 132 Å². The van der Waals surface area contributed by atoms with Gasteiger partial charge in [0.2, 0.25) is 0 Å². The van der Waals surface area contributed by atoms with Crippen molar-refractivity contribution < 1.29 is 0 Å². The zero-order valence-electron chi connectivity index (χ0n) is 15.5. The first-order chi connectivity index (χ1) is 9.67. The van der Waals surface area contributed by atoms with E-state index < -0.39 is 0 Å². The molecule has 0 N–H and O–H groups in total. The molecule has 21 heavy (non-hydrogen) atoms. The Bertz CT molecular complexity index is 466. The molecule has 0 aromatic rings. The second kappa shape index (κ2) is 4.39. The second-order valence-corrected chi connectivity index (χ2v) is 9.60. The van der Waals surface area contributed by atoms with Crippen LogP contribution < -0.4 is 0 Å². The summed E-state index contributed by atoms with van der Waals surface area (Å²) >= 11 is 0. The van der Waals surface area contributed by atoms with Gasteiger partial charge in [0.05, 0.1) is 0 Å². The number of allylic oxidation sites excluding steroid dienone is 2. The number of rotatable bonds is 5. The lowest BCUT2D eigenvalue weighted by Gasteiger charge is -2.70. The number of hydrogen-bond donors (Lipinski definition) is 0. The van der Waals surface area contributed by atoms with E-state index in [1.807, 2.05) is 5.57 Å². The number of fused-ring (bicyclic) bond motifs is 1. The standard InChI is InChI=1S/C21H36/c1-8-10-16-13-17(18(3,4)15-11-12-15)21(7)19(5,9-2)14-20(16,21)6/h13,15-16H,8-12,14H2,1-7H3/t16?,19?,20-,21?/m0/s1. The van der Waals surface area contributed by atoms with Crippen LogP contribution in [0.1, 0.15) is 87.0 Å². The summed E-state index contributed by atoms with van der Waals surface area (Å²) in [5, 5.41) is 0. The lowest BCUT2D eigenvalue weighted by molar-refractivity contribution is -0.183. The quantitative estimate of drug-likeness (QED) is 0.499. The van der Waals surface area contributed by atoms with Crippen molar-refractivity contribution in [1.29, 1.82) is 0 Å². The van der Waals surface area contributed by atoms with Gasteiger partial charge in [-0.1, -0.05) is 66.5 Å². The monoisotopic (exact) mass is 288 g/mol. The average molecular weight is 289 g/mol. The number of hydrogen-bond acceptors (Lipinski definition) is 0. The minimum absolute atomic E-state index is 0.426. The fraction of sp³-hybridized carbons (Fsp3) is 0.905. The Morgan fingerprint density at radius 2 is 1.76 bits per heavy atom. The van der Waals surface area contributed by atoms with Crippen LogP contribution in [0, 0.1) is 33.5 Å². The van der Waals surface area contributed by atoms with Crippen molar-refractivity contribution in [3.8, 4) is 0 Å². The van der Waals surface area contributed by atoms with Gasteiger partial charge in [-0.05, 0) is 60.2 Å². The molecule has 0 aromatic heterocycles. The molecule has 2 fully saturated rings. The molecule has 3 rings (SSSR count). The molecular weight excluding hydrogens is 252 g/mol. The van der Waals surface area contributed by atoms with Crippen LogP contribution in [-0.2, 0) is 0 Å². The van der Waals surface area contributed by atoms with E-state index in [1.165, 1.54) is 38.5 Å². The zero-order valence-corrected chi connectivity index (χ0v) is 15.5. The van der Waals surface area contributed by atoms with Gasteiger partial charge in [-0.15, -0.1) is 0 Å². The summed E-state index contributed by atoms with van der Waals surface area (Å²) in [5.74, 6) is 1.77.